The van der Waals surface area contributed by atoms with Gasteiger partial charge in [-0.15, -0.1) is 0 Å². The van der Waals surface area contributed by atoms with Crippen molar-refractivity contribution in [3.8, 4) is 0 Å². The molecule has 1 aliphatic heterocycles. The van der Waals surface area contributed by atoms with Crippen LogP contribution in [0.1, 0.15) is 64.2 Å². The number of nitrogens with zero attached hydrogens (tertiary/aromatic N) is 3. The number of morpholine rings is 1. The number of ether oxygens (including phenoxy) is 1. The minimum Gasteiger partial charge on any atom is -0.380 e. The third kappa shape index (κ3) is 8.09. The fourth-order valence-electron chi connectivity index (χ4n) is 5.13. The summed E-state index contributed by atoms with van der Waals surface area (Å²) in [5.74, 6) is 0.0903. The van der Waals surface area contributed by atoms with Gasteiger partial charge in [0.15, 0.2) is 0 Å². The monoisotopic (exact) mass is 527 g/mol. The molecular weight excluding hydrogens is 486 g/mol. The largest absolute Gasteiger partial charge is 0.380 e. The molecule has 1 saturated carbocycles. The topological polar surface area (TPSA) is 113 Å². The number of carbonyl (C=O) groups excluding carboxylic acids is 1. The highest BCUT2D eigenvalue weighted by atomic mass is 16.7. The van der Waals surface area contributed by atoms with Crippen LogP contribution in [-0.4, -0.2) is 72.9 Å². The number of unbranched alkanes of at least 4 members (excludes halogenated alkanes) is 3. The van der Waals surface area contributed by atoms with Gasteiger partial charge in [0.25, 0.3) is 10.9 Å². The van der Waals surface area contributed by atoms with Gasteiger partial charge in [-0.05, 0) is 37.8 Å². The SMILES string of the molecule is O=C(CCCCCCNc1c(Nc2ccncc2)c(=O)c1=O)N(OCCN1CCOCC1)C1CCCCC1. The quantitative estimate of drug-likeness (QED) is 0.205. The zero-order chi connectivity index (χ0) is 26.6. The molecule has 0 unspecified atom stereocenters. The Morgan fingerprint density at radius 1 is 1.00 bits per heavy atom. The Labute approximate surface area is 224 Å². The summed E-state index contributed by atoms with van der Waals surface area (Å²) in [4.78, 5) is 49.3. The van der Waals surface area contributed by atoms with Crippen LogP contribution in [0.4, 0.5) is 17.1 Å². The zero-order valence-electron chi connectivity index (χ0n) is 22.3. The molecule has 1 amide bonds. The van der Waals surface area contributed by atoms with E-state index in [0.29, 0.717) is 36.6 Å². The van der Waals surface area contributed by atoms with Gasteiger partial charge in [-0.25, -0.2) is 5.06 Å². The van der Waals surface area contributed by atoms with E-state index in [1.807, 2.05) is 0 Å². The molecule has 0 bridgehead atoms. The van der Waals surface area contributed by atoms with E-state index < -0.39 is 10.9 Å². The number of aromatic nitrogens is 1. The molecule has 38 heavy (non-hydrogen) atoms. The summed E-state index contributed by atoms with van der Waals surface area (Å²) >= 11 is 0. The molecule has 2 aliphatic rings. The van der Waals surface area contributed by atoms with Crippen LogP contribution in [0.5, 0.6) is 0 Å². The summed E-state index contributed by atoms with van der Waals surface area (Å²) < 4.78 is 5.41. The van der Waals surface area contributed by atoms with Gasteiger partial charge in [0, 0.05) is 50.7 Å². The summed E-state index contributed by atoms with van der Waals surface area (Å²) in [5.41, 5.74) is 0.385. The summed E-state index contributed by atoms with van der Waals surface area (Å²) in [6.07, 6.45) is 12.8. The van der Waals surface area contributed by atoms with Crippen molar-refractivity contribution in [1.82, 2.24) is 14.9 Å². The molecule has 4 rings (SSSR count). The molecule has 208 valence electrons. The van der Waals surface area contributed by atoms with Crippen molar-refractivity contribution in [3.05, 3.63) is 45.0 Å². The third-order valence-electron chi connectivity index (χ3n) is 7.37. The van der Waals surface area contributed by atoms with E-state index in [0.717, 1.165) is 84.2 Å². The smallest absolute Gasteiger partial charge is 0.253 e. The number of hydrogen-bond acceptors (Lipinski definition) is 9. The predicted octanol–water partition coefficient (Wildman–Crippen LogP) is 3.21. The number of anilines is 3. The van der Waals surface area contributed by atoms with Crippen molar-refractivity contribution >= 4 is 23.0 Å². The van der Waals surface area contributed by atoms with Gasteiger partial charge in [0.2, 0.25) is 5.91 Å². The van der Waals surface area contributed by atoms with Crippen LogP contribution in [0.2, 0.25) is 0 Å². The molecule has 10 heteroatoms. The van der Waals surface area contributed by atoms with E-state index >= 15 is 0 Å². The van der Waals surface area contributed by atoms with Gasteiger partial charge in [-0.3, -0.25) is 29.1 Å². The fourth-order valence-corrected chi connectivity index (χ4v) is 5.13. The second kappa shape index (κ2) is 14.9. The Kier molecular flexibility index (Phi) is 11.1. The van der Waals surface area contributed by atoms with Crippen LogP contribution < -0.4 is 21.5 Å². The Morgan fingerprint density at radius 2 is 1.71 bits per heavy atom. The van der Waals surface area contributed by atoms with Crippen LogP contribution >= 0.6 is 0 Å². The van der Waals surface area contributed by atoms with Gasteiger partial charge in [-0.2, -0.15) is 0 Å². The Hall–Kier alpha value is -2.82. The minimum absolute atomic E-state index is 0.0903. The van der Waals surface area contributed by atoms with E-state index in [-0.39, 0.29) is 11.9 Å². The first kappa shape index (κ1) is 28.2. The molecule has 0 radical (unpaired) electrons. The lowest BCUT2D eigenvalue weighted by Crippen LogP contribution is -2.44. The number of nitrogens with one attached hydrogen (secondary N) is 2. The standard InChI is InChI=1S/C28H41N5O5/c34-24(33(23-8-4-3-5-9-23)38-21-18-32-16-19-37-20-17-32)10-6-1-2-7-13-30-25-26(28(36)27(25)35)31-22-11-14-29-15-12-22/h11-12,14-15,23,30H,1-10,13,16-21H2,(H,29,31). The summed E-state index contributed by atoms with van der Waals surface area (Å²) in [6.45, 7) is 5.30. The lowest BCUT2D eigenvalue weighted by molar-refractivity contribution is -0.205. The van der Waals surface area contributed by atoms with Crippen molar-refractivity contribution < 1.29 is 14.4 Å². The van der Waals surface area contributed by atoms with Gasteiger partial charge in [0.05, 0.1) is 25.9 Å². The molecular formula is C28H41N5O5. The summed E-state index contributed by atoms with van der Waals surface area (Å²) in [6, 6.07) is 3.68. The first-order valence-corrected chi connectivity index (χ1v) is 14.1. The minimum atomic E-state index is -0.502. The molecule has 2 N–H and O–H groups in total. The van der Waals surface area contributed by atoms with Crippen LogP contribution in [0.3, 0.4) is 0 Å². The highest BCUT2D eigenvalue weighted by Crippen LogP contribution is 2.24. The van der Waals surface area contributed by atoms with Crippen molar-refractivity contribution in [2.75, 3.05) is 56.6 Å². The zero-order valence-corrected chi connectivity index (χ0v) is 22.3. The maximum Gasteiger partial charge on any atom is 0.253 e. The third-order valence-corrected chi connectivity index (χ3v) is 7.37. The van der Waals surface area contributed by atoms with E-state index in [4.69, 9.17) is 9.57 Å². The van der Waals surface area contributed by atoms with Crippen molar-refractivity contribution in [2.45, 2.75) is 70.3 Å². The fraction of sp³-hybridized carbons (Fsp3) is 0.643. The molecule has 1 saturated heterocycles. The summed E-state index contributed by atoms with van der Waals surface area (Å²) in [5, 5.41) is 7.80. The predicted molar refractivity (Wildman–Crippen MR) is 147 cm³/mol. The Morgan fingerprint density at radius 3 is 2.47 bits per heavy atom. The summed E-state index contributed by atoms with van der Waals surface area (Å²) in [7, 11) is 0. The highest BCUT2D eigenvalue weighted by Gasteiger charge is 2.26. The van der Waals surface area contributed by atoms with Crippen LogP contribution in [0.15, 0.2) is 34.1 Å². The van der Waals surface area contributed by atoms with Gasteiger partial charge >= 0.3 is 0 Å². The molecule has 1 aromatic heterocycles. The lowest BCUT2D eigenvalue weighted by atomic mass is 9.95. The number of amides is 1. The molecule has 1 aromatic carbocycles. The normalized spacial score (nSPS) is 16.9. The maximum absolute atomic E-state index is 13.1. The highest BCUT2D eigenvalue weighted by molar-refractivity contribution is 5.78. The molecule has 2 heterocycles. The van der Waals surface area contributed by atoms with Crippen LogP contribution in [0.25, 0.3) is 0 Å². The van der Waals surface area contributed by atoms with Crippen LogP contribution in [-0.2, 0) is 14.4 Å². The van der Waals surface area contributed by atoms with Crippen molar-refractivity contribution in [3.63, 3.8) is 0 Å². The van der Waals surface area contributed by atoms with Gasteiger partial charge < -0.3 is 15.4 Å². The van der Waals surface area contributed by atoms with Crippen molar-refractivity contribution in [1.29, 1.82) is 0 Å². The molecule has 2 aromatic rings. The van der Waals surface area contributed by atoms with Crippen LogP contribution in [0, 0.1) is 0 Å². The maximum atomic E-state index is 13.1. The number of hydrogen-bond donors (Lipinski definition) is 2. The van der Waals surface area contributed by atoms with E-state index in [2.05, 4.69) is 20.5 Å². The number of hydroxylamine groups is 2. The average Bonchev–Trinajstić information content (AvgIpc) is 2.97. The molecule has 0 spiro atoms. The van der Waals surface area contributed by atoms with E-state index in [1.54, 1.807) is 29.6 Å². The number of carbonyl (C=O) groups is 1. The Bertz CT molecular complexity index is 1060. The lowest BCUT2D eigenvalue weighted by Gasteiger charge is -2.34. The first-order valence-electron chi connectivity index (χ1n) is 14.1. The van der Waals surface area contributed by atoms with Crippen molar-refractivity contribution in [2.24, 2.45) is 0 Å². The second-order valence-electron chi connectivity index (χ2n) is 10.2. The second-order valence-corrected chi connectivity index (χ2v) is 10.2. The molecule has 10 nitrogen and oxygen atoms in total. The number of rotatable bonds is 15. The van der Waals surface area contributed by atoms with E-state index in [1.165, 1.54) is 6.42 Å². The van der Waals surface area contributed by atoms with E-state index in [9.17, 15) is 14.4 Å². The number of pyridine rings is 1. The molecule has 0 atom stereocenters. The molecule has 2 fully saturated rings. The first-order chi connectivity index (χ1) is 18.6. The van der Waals surface area contributed by atoms with Gasteiger partial charge in [0.1, 0.15) is 11.4 Å². The molecule has 1 aliphatic carbocycles. The Balaban J connectivity index is 1.14. The van der Waals surface area contributed by atoms with Gasteiger partial charge in [-0.1, -0.05) is 32.1 Å². The average molecular weight is 528 g/mol.